The second kappa shape index (κ2) is 6.74. The summed E-state index contributed by atoms with van der Waals surface area (Å²) in [6.45, 7) is 5.40. The second-order valence-electron chi connectivity index (χ2n) is 5.71. The number of ether oxygens (including phenoxy) is 1. The fourth-order valence-electron chi connectivity index (χ4n) is 2.88. The summed E-state index contributed by atoms with van der Waals surface area (Å²) < 4.78 is 5.48. The van der Waals surface area contributed by atoms with Crippen molar-refractivity contribution in [3.63, 3.8) is 0 Å². The van der Waals surface area contributed by atoms with Crippen LogP contribution in [0.25, 0.3) is 0 Å². The van der Waals surface area contributed by atoms with Crippen LogP contribution in [0.1, 0.15) is 39.5 Å². The molecule has 3 N–H and O–H groups in total. The number of nitrogens with two attached hydrogens (primary N) is 1. The molecule has 1 saturated carbocycles. The van der Waals surface area contributed by atoms with E-state index in [4.69, 9.17) is 10.6 Å². The molecule has 0 radical (unpaired) electrons. The molecule has 1 heterocycles. The van der Waals surface area contributed by atoms with Gasteiger partial charge in [0, 0.05) is 12.6 Å². The smallest absolute Gasteiger partial charge is 0.205 e. The first-order valence-electron chi connectivity index (χ1n) is 7.29. The van der Waals surface area contributed by atoms with Gasteiger partial charge in [-0.3, -0.25) is 0 Å². The molecule has 6 nitrogen and oxygen atoms in total. The van der Waals surface area contributed by atoms with Gasteiger partial charge in [-0.1, -0.05) is 26.7 Å². The lowest BCUT2D eigenvalue weighted by Crippen LogP contribution is -2.37. The summed E-state index contributed by atoms with van der Waals surface area (Å²) in [6, 6.07) is 0.534. The quantitative estimate of drug-likeness (QED) is 0.614. The average Bonchev–Trinajstić information content (AvgIpc) is 2.97. The number of hydrogen-bond acceptors (Lipinski definition) is 6. The Hall–Kier alpha value is -1.56. The molecule has 1 aromatic heterocycles. The number of nitrogens with zero attached hydrogens (tertiary/aromatic N) is 3. The number of aromatic nitrogens is 2. The van der Waals surface area contributed by atoms with Gasteiger partial charge < -0.3 is 15.1 Å². The summed E-state index contributed by atoms with van der Waals surface area (Å²) in [7, 11) is 1.63. The Morgan fingerprint density at radius 3 is 2.65 bits per heavy atom. The molecule has 0 atom stereocenters. The lowest BCUT2D eigenvalue weighted by molar-refractivity contribution is 0.407. The van der Waals surface area contributed by atoms with E-state index in [0.29, 0.717) is 23.5 Å². The first kappa shape index (κ1) is 14.8. The predicted molar refractivity (Wildman–Crippen MR) is 80.8 cm³/mol. The molecule has 0 amide bonds. The van der Waals surface area contributed by atoms with Crippen molar-refractivity contribution in [2.75, 3.05) is 24.0 Å². The van der Waals surface area contributed by atoms with Crippen molar-refractivity contribution < 1.29 is 4.74 Å². The molecule has 20 heavy (non-hydrogen) atoms. The van der Waals surface area contributed by atoms with Gasteiger partial charge in [0.25, 0.3) is 0 Å². The minimum absolute atomic E-state index is 0.532. The lowest BCUT2D eigenvalue weighted by atomic mass is 10.1. The van der Waals surface area contributed by atoms with Crippen LogP contribution in [-0.4, -0.2) is 29.7 Å². The highest BCUT2D eigenvalue weighted by atomic mass is 16.5. The number of nitrogens with one attached hydrogen (secondary N) is 1. The van der Waals surface area contributed by atoms with E-state index in [-0.39, 0.29) is 0 Å². The summed E-state index contributed by atoms with van der Waals surface area (Å²) in [5.41, 5.74) is 2.58. The van der Waals surface area contributed by atoms with Crippen molar-refractivity contribution >= 4 is 11.6 Å². The predicted octanol–water partition coefficient (Wildman–Crippen LogP) is 2.18. The van der Waals surface area contributed by atoms with Crippen molar-refractivity contribution in [2.24, 2.45) is 11.8 Å². The minimum atomic E-state index is 0.532. The summed E-state index contributed by atoms with van der Waals surface area (Å²) in [5, 5.41) is 0. The van der Waals surface area contributed by atoms with E-state index in [1.807, 2.05) is 0 Å². The topological polar surface area (TPSA) is 76.3 Å². The average molecular weight is 279 g/mol. The maximum absolute atomic E-state index is 5.51. The lowest BCUT2D eigenvalue weighted by Gasteiger charge is -2.32. The number of methoxy groups -OCH3 is 1. The molecule has 1 aromatic rings. The maximum Gasteiger partial charge on any atom is 0.205 e. The van der Waals surface area contributed by atoms with Crippen molar-refractivity contribution in [3.05, 3.63) is 6.33 Å². The molecule has 6 heteroatoms. The van der Waals surface area contributed by atoms with E-state index < -0.39 is 0 Å². The fourth-order valence-corrected chi connectivity index (χ4v) is 2.88. The molecule has 1 aliphatic rings. The van der Waals surface area contributed by atoms with Crippen molar-refractivity contribution in [1.82, 2.24) is 9.97 Å². The van der Waals surface area contributed by atoms with Gasteiger partial charge in [-0.15, -0.1) is 0 Å². The monoisotopic (exact) mass is 279 g/mol. The first-order valence-corrected chi connectivity index (χ1v) is 7.29. The van der Waals surface area contributed by atoms with Crippen LogP contribution >= 0.6 is 0 Å². The Morgan fingerprint density at radius 2 is 2.10 bits per heavy atom. The van der Waals surface area contributed by atoms with Gasteiger partial charge in [-0.05, 0) is 18.8 Å². The van der Waals surface area contributed by atoms with Crippen LogP contribution in [0.2, 0.25) is 0 Å². The summed E-state index contributed by atoms with van der Waals surface area (Å²) in [6.07, 6.45) is 6.54. The molecular formula is C14H25N5O. The summed E-state index contributed by atoms with van der Waals surface area (Å²) in [5.74, 6) is 8.07. The van der Waals surface area contributed by atoms with Gasteiger partial charge in [0.2, 0.25) is 5.75 Å². The minimum Gasteiger partial charge on any atom is -0.490 e. The molecule has 112 valence electrons. The van der Waals surface area contributed by atoms with Gasteiger partial charge in [0.05, 0.1) is 7.11 Å². The molecule has 0 saturated heterocycles. The van der Waals surface area contributed by atoms with Gasteiger partial charge in [-0.2, -0.15) is 0 Å². The van der Waals surface area contributed by atoms with Gasteiger partial charge in [-0.25, -0.2) is 15.8 Å². The van der Waals surface area contributed by atoms with Gasteiger partial charge in [0.1, 0.15) is 6.33 Å². The van der Waals surface area contributed by atoms with E-state index in [2.05, 4.69) is 34.1 Å². The van der Waals surface area contributed by atoms with Crippen LogP contribution in [0.15, 0.2) is 6.33 Å². The highest BCUT2D eigenvalue weighted by Crippen LogP contribution is 2.36. The Balaban J connectivity index is 2.36. The molecule has 0 bridgehead atoms. The normalized spacial score (nSPS) is 15.7. The van der Waals surface area contributed by atoms with Gasteiger partial charge >= 0.3 is 0 Å². The number of nitrogen functional groups attached to an aromatic ring is 1. The molecule has 0 aliphatic heterocycles. The fraction of sp³-hybridized carbons (Fsp3) is 0.714. The Labute approximate surface area is 120 Å². The van der Waals surface area contributed by atoms with Crippen LogP contribution in [0.4, 0.5) is 11.6 Å². The summed E-state index contributed by atoms with van der Waals surface area (Å²) in [4.78, 5) is 10.9. The number of anilines is 2. The van der Waals surface area contributed by atoms with E-state index in [9.17, 15) is 0 Å². The first-order chi connectivity index (χ1) is 9.67. The van der Waals surface area contributed by atoms with Gasteiger partial charge in [0.15, 0.2) is 11.6 Å². The SMILES string of the molecule is COc1c(NN)ncnc1N(CC(C)C)C1CCCC1. The zero-order valence-electron chi connectivity index (χ0n) is 12.6. The van der Waals surface area contributed by atoms with Crippen LogP contribution in [0.5, 0.6) is 5.75 Å². The number of hydrazine groups is 1. The molecule has 0 unspecified atom stereocenters. The van der Waals surface area contributed by atoms with Crippen LogP contribution in [0, 0.1) is 5.92 Å². The largest absolute Gasteiger partial charge is 0.490 e. The molecule has 0 spiro atoms. The highest BCUT2D eigenvalue weighted by molar-refractivity contribution is 5.64. The summed E-state index contributed by atoms with van der Waals surface area (Å²) >= 11 is 0. The van der Waals surface area contributed by atoms with Crippen LogP contribution in [0.3, 0.4) is 0 Å². The standard InChI is InChI=1S/C14H25N5O/c1-10(2)8-19(11-6-4-5-7-11)14-12(20-3)13(18-15)16-9-17-14/h9-11H,4-8,15H2,1-3H3,(H,16,17,18). The number of rotatable bonds is 6. The van der Waals surface area contributed by atoms with Crippen molar-refractivity contribution in [2.45, 2.75) is 45.6 Å². The molecule has 2 rings (SSSR count). The third-order valence-corrected chi connectivity index (χ3v) is 3.73. The Morgan fingerprint density at radius 1 is 1.40 bits per heavy atom. The molecule has 1 aliphatic carbocycles. The zero-order valence-corrected chi connectivity index (χ0v) is 12.6. The third kappa shape index (κ3) is 3.12. The van der Waals surface area contributed by atoms with E-state index in [1.54, 1.807) is 7.11 Å². The van der Waals surface area contributed by atoms with E-state index in [1.165, 1.54) is 32.0 Å². The van der Waals surface area contributed by atoms with Crippen molar-refractivity contribution in [1.29, 1.82) is 0 Å². The van der Waals surface area contributed by atoms with E-state index in [0.717, 1.165) is 12.4 Å². The molecular weight excluding hydrogens is 254 g/mol. The highest BCUT2D eigenvalue weighted by Gasteiger charge is 2.27. The zero-order chi connectivity index (χ0) is 14.5. The van der Waals surface area contributed by atoms with E-state index >= 15 is 0 Å². The molecule has 1 fully saturated rings. The second-order valence-corrected chi connectivity index (χ2v) is 5.71. The Bertz CT molecular complexity index is 432. The maximum atomic E-state index is 5.51. The third-order valence-electron chi connectivity index (χ3n) is 3.73. The van der Waals surface area contributed by atoms with Crippen LogP contribution < -0.4 is 20.9 Å². The van der Waals surface area contributed by atoms with Crippen molar-refractivity contribution in [3.8, 4) is 5.75 Å². The Kier molecular flexibility index (Phi) is 5.00. The van der Waals surface area contributed by atoms with Crippen LogP contribution in [-0.2, 0) is 0 Å². The molecule has 0 aromatic carbocycles. The number of hydrogen-bond donors (Lipinski definition) is 2.